The Labute approximate surface area is 96.0 Å². The quantitative estimate of drug-likeness (QED) is 0.739. The molecule has 1 heteroatoms. The Morgan fingerprint density at radius 1 is 0.938 bits per heavy atom. The van der Waals surface area contributed by atoms with Gasteiger partial charge >= 0.3 is 0 Å². The third-order valence-corrected chi connectivity index (χ3v) is 2.64. The summed E-state index contributed by atoms with van der Waals surface area (Å²) in [7, 11) is 0. The largest absolute Gasteiger partial charge is 0.192 e. The molecule has 1 radical (unpaired) electrons. The lowest BCUT2D eigenvalue weighted by atomic mass is 9.97. The molecule has 0 atom stereocenters. The van der Waals surface area contributed by atoms with Crippen molar-refractivity contribution in [2.45, 2.75) is 6.42 Å². The summed E-state index contributed by atoms with van der Waals surface area (Å²) in [5, 5.41) is 9.00. The summed E-state index contributed by atoms with van der Waals surface area (Å²) in [5.41, 5.74) is 3.99. The van der Waals surface area contributed by atoms with E-state index < -0.39 is 0 Å². The summed E-state index contributed by atoms with van der Waals surface area (Å²) in [6, 6.07) is 17.9. The first-order chi connectivity index (χ1) is 7.81. The lowest BCUT2D eigenvalue weighted by Gasteiger charge is -2.06. The highest BCUT2D eigenvalue weighted by molar-refractivity contribution is 5.42. The van der Waals surface area contributed by atoms with Crippen molar-refractivity contribution in [3.05, 3.63) is 77.7 Å². The molecule has 1 nitrogen and oxygen atoms in total. The van der Waals surface area contributed by atoms with Crippen molar-refractivity contribution >= 4 is 0 Å². The average Bonchev–Trinajstić information content (AvgIpc) is 2.33. The van der Waals surface area contributed by atoms with Gasteiger partial charge in [-0.15, -0.1) is 0 Å². The van der Waals surface area contributed by atoms with Crippen LogP contribution in [0.25, 0.3) is 0 Å². The van der Waals surface area contributed by atoms with Crippen LogP contribution in [-0.4, -0.2) is 0 Å². The Hall–Kier alpha value is -2.07. The maximum absolute atomic E-state index is 9.00. The summed E-state index contributed by atoms with van der Waals surface area (Å²) >= 11 is 0. The number of hydrogen-bond donors (Lipinski definition) is 0. The van der Waals surface area contributed by atoms with E-state index in [1.54, 1.807) is 0 Å². The normalized spacial score (nSPS) is 9.75. The van der Waals surface area contributed by atoms with Crippen molar-refractivity contribution in [2.24, 2.45) is 0 Å². The lowest BCUT2D eigenvalue weighted by Crippen LogP contribution is -1.94. The molecule has 0 fully saturated rings. The van der Waals surface area contributed by atoms with Gasteiger partial charge in [-0.2, -0.15) is 5.26 Å². The smallest absolute Gasteiger partial charge is 0.0994 e. The Morgan fingerprint density at radius 2 is 1.56 bits per heavy atom. The number of benzene rings is 2. The van der Waals surface area contributed by atoms with Crippen LogP contribution in [0.3, 0.4) is 0 Å². The van der Waals surface area contributed by atoms with E-state index in [-0.39, 0.29) is 0 Å². The van der Waals surface area contributed by atoms with Crippen LogP contribution in [-0.2, 0) is 6.42 Å². The Balaban J connectivity index is 2.35. The first-order valence-electron chi connectivity index (χ1n) is 5.19. The van der Waals surface area contributed by atoms with E-state index in [4.69, 9.17) is 5.26 Å². The van der Waals surface area contributed by atoms with E-state index in [9.17, 15) is 0 Å². The molecule has 0 heterocycles. The SMILES string of the molecule is [CH2]c1ccccc1Cc1ccccc1C#N. The van der Waals surface area contributed by atoms with Gasteiger partial charge < -0.3 is 0 Å². The molecular formula is C15H12N. The van der Waals surface area contributed by atoms with E-state index >= 15 is 0 Å². The molecule has 0 bridgehead atoms. The van der Waals surface area contributed by atoms with Gasteiger partial charge in [0.2, 0.25) is 0 Å². The number of nitrogens with zero attached hydrogens (tertiary/aromatic N) is 1. The Kier molecular flexibility index (Phi) is 3.03. The highest BCUT2D eigenvalue weighted by Crippen LogP contribution is 2.16. The second kappa shape index (κ2) is 4.63. The fourth-order valence-electron chi connectivity index (χ4n) is 1.72. The third-order valence-electron chi connectivity index (χ3n) is 2.64. The fourth-order valence-corrected chi connectivity index (χ4v) is 1.72. The van der Waals surface area contributed by atoms with Gasteiger partial charge in [-0.3, -0.25) is 0 Å². The molecule has 0 aliphatic rings. The maximum Gasteiger partial charge on any atom is 0.0994 e. The van der Waals surface area contributed by atoms with E-state index in [0.717, 1.165) is 23.1 Å². The van der Waals surface area contributed by atoms with Gasteiger partial charge in [-0.25, -0.2) is 0 Å². The van der Waals surface area contributed by atoms with Crippen molar-refractivity contribution in [2.75, 3.05) is 0 Å². The van der Waals surface area contributed by atoms with Gasteiger partial charge in [-0.1, -0.05) is 42.5 Å². The molecule has 0 aliphatic heterocycles. The van der Waals surface area contributed by atoms with E-state index in [0.29, 0.717) is 0 Å². The topological polar surface area (TPSA) is 23.8 Å². The summed E-state index contributed by atoms with van der Waals surface area (Å²) in [6.45, 7) is 3.99. The van der Waals surface area contributed by atoms with Crippen molar-refractivity contribution in [3.63, 3.8) is 0 Å². The van der Waals surface area contributed by atoms with Gasteiger partial charge in [0.15, 0.2) is 0 Å². The second-order valence-corrected chi connectivity index (χ2v) is 3.71. The van der Waals surface area contributed by atoms with Gasteiger partial charge in [-0.05, 0) is 36.1 Å². The molecule has 0 N–H and O–H groups in total. The molecule has 2 rings (SSSR count). The Bertz CT molecular complexity index is 535. The molecule has 0 aromatic heterocycles. The first-order valence-corrected chi connectivity index (χ1v) is 5.19. The average molecular weight is 206 g/mol. The summed E-state index contributed by atoms with van der Waals surface area (Å²) < 4.78 is 0. The fraction of sp³-hybridized carbons (Fsp3) is 0.0667. The standard InChI is InChI=1S/C15H12N/c1-12-6-2-3-7-13(12)10-14-8-4-5-9-15(14)11-16/h2-9H,1,10H2. The van der Waals surface area contributed by atoms with Crippen molar-refractivity contribution < 1.29 is 0 Å². The molecule has 16 heavy (non-hydrogen) atoms. The predicted molar refractivity (Wildman–Crippen MR) is 64.9 cm³/mol. The maximum atomic E-state index is 9.00. The predicted octanol–water partition coefficient (Wildman–Crippen LogP) is 3.33. The van der Waals surface area contributed by atoms with Crippen molar-refractivity contribution in [1.82, 2.24) is 0 Å². The molecule has 2 aromatic carbocycles. The molecule has 0 saturated heterocycles. The molecule has 0 amide bonds. The number of rotatable bonds is 2. The second-order valence-electron chi connectivity index (χ2n) is 3.71. The molecular weight excluding hydrogens is 194 g/mol. The molecule has 2 aromatic rings. The van der Waals surface area contributed by atoms with Crippen LogP contribution in [0.2, 0.25) is 0 Å². The zero-order chi connectivity index (χ0) is 11.4. The van der Waals surface area contributed by atoms with E-state index in [2.05, 4.69) is 19.1 Å². The minimum Gasteiger partial charge on any atom is -0.192 e. The molecule has 77 valence electrons. The molecule has 0 aliphatic carbocycles. The number of nitriles is 1. The van der Waals surface area contributed by atoms with Crippen LogP contribution in [0.4, 0.5) is 0 Å². The van der Waals surface area contributed by atoms with Gasteiger partial charge in [0.05, 0.1) is 11.6 Å². The molecule has 0 spiro atoms. The van der Waals surface area contributed by atoms with Gasteiger partial charge in [0, 0.05) is 0 Å². The minimum atomic E-state index is 0.741. The van der Waals surface area contributed by atoms with Crippen LogP contribution >= 0.6 is 0 Å². The summed E-state index contributed by atoms with van der Waals surface area (Å²) in [6.07, 6.45) is 0.767. The monoisotopic (exact) mass is 206 g/mol. The first kappa shape index (κ1) is 10.4. The third kappa shape index (κ3) is 2.12. The minimum absolute atomic E-state index is 0.741. The van der Waals surface area contributed by atoms with Gasteiger partial charge in [0.1, 0.15) is 0 Å². The van der Waals surface area contributed by atoms with Crippen molar-refractivity contribution in [1.29, 1.82) is 5.26 Å². The van der Waals surface area contributed by atoms with Crippen LogP contribution in [0.1, 0.15) is 22.3 Å². The zero-order valence-corrected chi connectivity index (χ0v) is 8.98. The summed E-state index contributed by atoms with van der Waals surface area (Å²) in [4.78, 5) is 0. The van der Waals surface area contributed by atoms with E-state index in [1.165, 1.54) is 5.56 Å². The molecule has 0 saturated carbocycles. The zero-order valence-electron chi connectivity index (χ0n) is 8.98. The van der Waals surface area contributed by atoms with Crippen LogP contribution in [0.15, 0.2) is 48.5 Å². The highest BCUT2D eigenvalue weighted by atomic mass is 14.2. The van der Waals surface area contributed by atoms with Crippen molar-refractivity contribution in [3.8, 4) is 6.07 Å². The molecule has 0 unspecified atom stereocenters. The lowest BCUT2D eigenvalue weighted by molar-refractivity contribution is 1.16. The van der Waals surface area contributed by atoms with Crippen LogP contribution < -0.4 is 0 Å². The van der Waals surface area contributed by atoms with E-state index in [1.807, 2.05) is 42.5 Å². The van der Waals surface area contributed by atoms with Gasteiger partial charge in [0.25, 0.3) is 0 Å². The van der Waals surface area contributed by atoms with Crippen LogP contribution in [0, 0.1) is 18.3 Å². The number of hydrogen-bond acceptors (Lipinski definition) is 1. The summed E-state index contributed by atoms with van der Waals surface area (Å²) in [5.74, 6) is 0. The highest BCUT2D eigenvalue weighted by Gasteiger charge is 2.03. The Morgan fingerprint density at radius 3 is 2.25 bits per heavy atom. The van der Waals surface area contributed by atoms with Crippen LogP contribution in [0.5, 0.6) is 0 Å².